The van der Waals surface area contributed by atoms with E-state index in [2.05, 4.69) is 15.3 Å². The van der Waals surface area contributed by atoms with Gasteiger partial charge in [-0.15, -0.1) is 0 Å². The number of aliphatic hydroxyl groups is 1. The van der Waals surface area contributed by atoms with Crippen molar-refractivity contribution in [2.24, 2.45) is 0 Å². The molecule has 0 aliphatic rings. The summed E-state index contributed by atoms with van der Waals surface area (Å²) in [5.74, 6) is 0. The number of hydrogen-bond acceptors (Lipinski definition) is 4. The van der Waals surface area contributed by atoms with E-state index in [1.807, 2.05) is 36.4 Å². The van der Waals surface area contributed by atoms with Crippen LogP contribution in [0.2, 0.25) is 0 Å². The molecule has 2 aromatic rings. The molecule has 0 unspecified atom stereocenters. The molecule has 0 fully saturated rings. The Labute approximate surface area is 100 Å². The van der Waals surface area contributed by atoms with Crippen LogP contribution in [0.3, 0.4) is 0 Å². The predicted molar refractivity (Wildman–Crippen MR) is 65.1 cm³/mol. The Morgan fingerprint density at radius 1 is 1.18 bits per heavy atom. The lowest BCUT2D eigenvalue weighted by Crippen LogP contribution is -2.24. The van der Waals surface area contributed by atoms with Gasteiger partial charge in [0.05, 0.1) is 18.3 Å². The van der Waals surface area contributed by atoms with Crippen LogP contribution in [-0.2, 0) is 6.54 Å². The molecule has 1 aromatic heterocycles. The van der Waals surface area contributed by atoms with E-state index in [1.165, 1.54) is 6.33 Å². The summed E-state index contributed by atoms with van der Waals surface area (Å²) in [4.78, 5) is 7.99. The van der Waals surface area contributed by atoms with E-state index in [9.17, 15) is 5.11 Å². The van der Waals surface area contributed by atoms with Gasteiger partial charge in [-0.25, -0.2) is 9.97 Å². The Balaban J connectivity index is 1.97. The van der Waals surface area contributed by atoms with E-state index in [-0.39, 0.29) is 12.6 Å². The molecule has 0 radical (unpaired) electrons. The molecular formula is C13H15N3O. The third-order valence-electron chi connectivity index (χ3n) is 2.56. The van der Waals surface area contributed by atoms with Crippen molar-refractivity contribution < 1.29 is 5.11 Å². The minimum Gasteiger partial charge on any atom is -0.394 e. The average molecular weight is 229 g/mol. The molecule has 0 spiro atoms. The maximum atomic E-state index is 9.36. The van der Waals surface area contributed by atoms with Gasteiger partial charge in [-0.3, -0.25) is 0 Å². The average Bonchev–Trinajstić information content (AvgIpc) is 2.42. The smallest absolute Gasteiger partial charge is 0.115 e. The molecule has 0 amide bonds. The molecule has 0 bridgehead atoms. The van der Waals surface area contributed by atoms with Crippen molar-refractivity contribution in [1.82, 2.24) is 15.3 Å². The quantitative estimate of drug-likeness (QED) is 0.811. The largest absolute Gasteiger partial charge is 0.394 e. The molecule has 0 aliphatic heterocycles. The SMILES string of the molecule is OC[C@@H](NCc1ccncn1)c1ccccc1. The number of nitrogens with zero attached hydrogens (tertiary/aromatic N) is 2. The molecule has 0 saturated carbocycles. The number of benzene rings is 1. The van der Waals surface area contributed by atoms with Gasteiger partial charge < -0.3 is 10.4 Å². The van der Waals surface area contributed by atoms with Gasteiger partial charge in [-0.1, -0.05) is 30.3 Å². The third-order valence-corrected chi connectivity index (χ3v) is 2.56. The summed E-state index contributed by atoms with van der Waals surface area (Å²) in [5, 5.41) is 12.6. The number of rotatable bonds is 5. The van der Waals surface area contributed by atoms with Gasteiger partial charge in [0, 0.05) is 12.7 Å². The number of hydrogen-bond donors (Lipinski definition) is 2. The lowest BCUT2D eigenvalue weighted by molar-refractivity contribution is 0.243. The normalized spacial score (nSPS) is 12.3. The van der Waals surface area contributed by atoms with Crippen molar-refractivity contribution in [2.75, 3.05) is 6.61 Å². The molecular weight excluding hydrogens is 214 g/mol. The van der Waals surface area contributed by atoms with Crippen molar-refractivity contribution in [3.63, 3.8) is 0 Å². The summed E-state index contributed by atoms with van der Waals surface area (Å²) in [5.41, 5.74) is 1.98. The molecule has 1 aromatic carbocycles. The highest BCUT2D eigenvalue weighted by molar-refractivity contribution is 5.19. The molecule has 88 valence electrons. The number of aliphatic hydroxyl groups excluding tert-OH is 1. The monoisotopic (exact) mass is 229 g/mol. The summed E-state index contributed by atoms with van der Waals surface area (Å²) in [6, 6.07) is 11.7. The summed E-state index contributed by atoms with van der Waals surface area (Å²) in [6.07, 6.45) is 3.23. The van der Waals surface area contributed by atoms with Crippen molar-refractivity contribution in [2.45, 2.75) is 12.6 Å². The standard InChI is InChI=1S/C13H15N3O/c17-9-13(11-4-2-1-3-5-11)15-8-12-6-7-14-10-16-12/h1-7,10,13,15,17H,8-9H2/t13-/m1/s1. The maximum Gasteiger partial charge on any atom is 0.115 e. The first-order chi connectivity index (χ1) is 8.40. The zero-order valence-corrected chi connectivity index (χ0v) is 9.45. The van der Waals surface area contributed by atoms with E-state index >= 15 is 0 Å². The van der Waals surface area contributed by atoms with Gasteiger partial charge in [-0.2, -0.15) is 0 Å². The molecule has 4 nitrogen and oxygen atoms in total. The van der Waals surface area contributed by atoms with Gasteiger partial charge >= 0.3 is 0 Å². The summed E-state index contributed by atoms with van der Waals surface area (Å²) >= 11 is 0. The van der Waals surface area contributed by atoms with Gasteiger partial charge in [0.1, 0.15) is 6.33 Å². The fraction of sp³-hybridized carbons (Fsp3) is 0.231. The second-order valence-electron chi connectivity index (χ2n) is 3.73. The molecule has 2 rings (SSSR count). The summed E-state index contributed by atoms with van der Waals surface area (Å²) < 4.78 is 0. The first-order valence-electron chi connectivity index (χ1n) is 5.54. The second-order valence-corrected chi connectivity index (χ2v) is 3.73. The van der Waals surface area contributed by atoms with Crippen LogP contribution in [0.25, 0.3) is 0 Å². The Morgan fingerprint density at radius 3 is 2.65 bits per heavy atom. The van der Waals surface area contributed by atoms with E-state index in [0.717, 1.165) is 11.3 Å². The second kappa shape index (κ2) is 6.08. The fourth-order valence-corrected chi connectivity index (χ4v) is 1.62. The third kappa shape index (κ3) is 3.34. The maximum absolute atomic E-state index is 9.36. The highest BCUT2D eigenvalue weighted by Gasteiger charge is 2.08. The van der Waals surface area contributed by atoms with Gasteiger partial charge in [0.15, 0.2) is 0 Å². The highest BCUT2D eigenvalue weighted by atomic mass is 16.3. The number of aromatic nitrogens is 2. The van der Waals surface area contributed by atoms with Crippen LogP contribution < -0.4 is 5.32 Å². The van der Waals surface area contributed by atoms with Crippen LogP contribution in [0.1, 0.15) is 17.3 Å². The summed E-state index contributed by atoms with van der Waals surface area (Å²) in [6.45, 7) is 0.678. The molecule has 0 saturated heterocycles. The molecule has 2 N–H and O–H groups in total. The Hall–Kier alpha value is -1.78. The van der Waals surface area contributed by atoms with Crippen molar-refractivity contribution in [3.05, 3.63) is 60.2 Å². The predicted octanol–water partition coefficient (Wildman–Crippen LogP) is 1.30. The van der Waals surface area contributed by atoms with Gasteiger partial charge in [0.2, 0.25) is 0 Å². The zero-order valence-electron chi connectivity index (χ0n) is 9.45. The van der Waals surface area contributed by atoms with Crippen LogP contribution in [0.4, 0.5) is 0 Å². The van der Waals surface area contributed by atoms with Crippen molar-refractivity contribution >= 4 is 0 Å². The highest BCUT2D eigenvalue weighted by Crippen LogP contribution is 2.11. The Morgan fingerprint density at radius 2 is 2.00 bits per heavy atom. The molecule has 0 aliphatic carbocycles. The first-order valence-corrected chi connectivity index (χ1v) is 5.54. The molecule has 4 heteroatoms. The lowest BCUT2D eigenvalue weighted by Gasteiger charge is -2.16. The van der Waals surface area contributed by atoms with Crippen LogP contribution >= 0.6 is 0 Å². The van der Waals surface area contributed by atoms with Gasteiger partial charge in [0.25, 0.3) is 0 Å². The summed E-state index contributed by atoms with van der Waals surface area (Å²) in [7, 11) is 0. The van der Waals surface area contributed by atoms with E-state index < -0.39 is 0 Å². The fourth-order valence-electron chi connectivity index (χ4n) is 1.62. The van der Waals surface area contributed by atoms with Crippen LogP contribution in [0, 0.1) is 0 Å². The van der Waals surface area contributed by atoms with Crippen molar-refractivity contribution in [1.29, 1.82) is 0 Å². The van der Waals surface area contributed by atoms with E-state index in [4.69, 9.17) is 0 Å². The van der Waals surface area contributed by atoms with Crippen LogP contribution in [0.15, 0.2) is 48.9 Å². The molecule has 17 heavy (non-hydrogen) atoms. The Kier molecular flexibility index (Phi) is 4.18. The first kappa shape index (κ1) is 11.7. The van der Waals surface area contributed by atoms with E-state index in [0.29, 0.717) is 6.54 Å². The van der Waals surface area contributed by atoms with Crippen LogP contribution in [0.5, 0.6) is 0 Å². The minimum absolute atomic E-state index is 0.0637. The molecule has 1 atom stereocenters. The van der Waals surface area contributed by atoms with Crippen molar-refractivity contribution in [3.8, 4) is 0 Å². The Bertz CT molecular complexity index is 433. The topological polar surface area (TPSA) is 58.0 Å². The number of nitrogens with one attached hydrogen (secondary N) is 1. The lowest BCUT2D eigenvalue weighted by atomic mass is 10.1. The van der Waals surface area contributed by atoms with E-state index in [1.54, 1.807) is 6.20 Å². The minimum atomic E-state index is -0.0637. The van der Waals surface area contributed by atoms with Crippen LogP contribution in [-0.4, -0.2) is 21.7 Å². The zero-order chi connectivity index (χ0) is 11.9. The molecule has 1 heterocycles. The van der Waals surface area contributed by atoms with Gasteiger partial charge in [-0.05, 0) is 11.6 Å².